The number of halogens is 4. The van der Waals surface area contributed by atoms with E-state index in [-0.39, 0.29) is 11.7 Å². The molecule has 8 heteroatoms. The second kappa shape index (κ2) is 8.71. The molecule has 0 N–H and O–H groups in total. The lowest BCUT2D eigenvalue weighted by atomic mass is 10.1. The molecule has 1 heterocycles. The zero-order valence-electron chi connectivity index (χ0n) is 16.0. The van der Waals surface area contributed by atoms with Crippen molar-refractivity contribution < 1.29 is 27.1 Å². The maximum absolute atomic E-state index is 13.0. The third-order valence-corrected chi connectivity index (χ3v) is 4.87. The van der Waals surface area contributed by atoms with Crippen LogP contribution in [0, 0.1) is 5.82 Å². The van der Waals surface area contributed by atoms with Crippen LogP contribution in [0.25, 0.3) is 0 Å². The van der Waals surface area contributed by atoms with Crippen LogP contribution >= 0.6 is 0 Å². The summed E-state index contributed by atoms with van der Waals surface area (Å²) in [7, 11) is 0. The van der Waals surface area contributed by atoms with E-state index in [4.69, 9.17) is 4.74 Å². The number of amides is 1. The van der Waals surface area contributed by atoms with Crippen LogP contribution < -0.4 is 9.64 Å². The Morgan fingerprint density at radius 1 is 1.07 bits per heavy atom. The number of benzene rings is 2. The molecule has 0 unspecified atom stereocenters. The van der Waals surface area contributed by atoms with Crippen molar-refractivity contribution >= 4 is 11.6 Å². The Morgan fingerprint density at radius 3 is 2.31 bits per heavy atom. The summed E-state index contributed by atoms with van der Waals surface area (Å²) in [4.78, 5) is 16.3. The Morgan fingerprint density at radius 2 is 1.72 bits per heavy atom. The van der Waals surface area contributed by atoms with E-state index in [1.54, 1.807) is 11.0 Å². The van der Waals surface area contributed by atoms with Crippen molar-refractivity contribution in [1.29, 1.82) is 0 Å². The standard InChI is InChI=1S/C21H22F4N2O2/c1-2-19(29-18-8-6-16(22)7-9-18)20(28)27-12-10-26(11-13-27)17-5-3-4-15(14-17)21(23,24)25/h3-9,14,19H,2,10-13H2,1H3/t19-/m0/s1. The third-order valence-electron chi connectivity index (χ3n) is 4.87. The molecule has 1 atom stereocenters. The smallest absolute Gasteiger partial charge is 0.416 e. The summed E-state index contributed by atoms with van der Waals surface area (Å²) in [6, 6.07) is 10.7. The number of alkyl halides is 3. The van der Waals surface area contributed by atoms with Gasteiger partial charge in [0.25, 0.3) is 5.91 Å². The molecule has 0 saturated carbocycles. The SMILES string of the molecule is CC[C@H](Oc1ccc(F)cc1)C(=O)N1CCN(c2cccc(C(F)(F)F)c2)CC1. The maximum Gasteiger partial charge on any atom is 0.416 e. The molecule has 0 aliphatic carbocycles. The van der Waals surface area contributed by atoms with Gasteiger partial charge in [0, 0.05) is 31.9 Å². The minimum Gasteiger partial charge on any atom is -0.481 e. The molecular weight excluding hydrogens is 388 g/mol. The first-order valence-electron chi connectivity index (χ1n) is 9.41. The number of ether oxygens (including phenoxy) is 1. The summed E-state index contributed by atoms with van der Waals surface area (Å²) in [6.45, 7) is 3.46. The van der Waals surface area contributed by atoms with Gasteiger partial charge in [-0.2, -0.15) is 13.2 Å². The lowest BCUT2D eigenvalue weighted by molar-refractivity contribution is -0.139. The minimum absolute atomic E-state index is 0.180. The lowest BCUT2D eigenvalue weighted by Crippen LogP contribution is -2.52. The predicted molar refractivity (Wildman–Crippen MR) is 101 cm³/mol. The highest BCUT2D eigenvalue weighted by Crippen LogP contribution is 2.32. The Bertz CT molecular complexity index is 831. The number of nitrogens with zero attached hydrogens (tertiary/aromatic N) is 2. The third kappa shape index (κ3) is 5.19. The summed E-state index contributed by atoms with van der Waals surface area (Å²) in [6.07, 6.45) is -4.63. The van der Waals surface area contributed by atoms with E-state index < -0.39 is 17.8 Å². The van der Waals surface area contributed by atoms with Crippen LogP contribution in [-0.4, -0.2) is 43.1 Å². The molecule has 29 heavy (non-hydrogen) atoms. The topological polar surface area (TPSA) is 32.8 Å². The van der Waals surface area contributed by atoms with Crippen LogP contribution in [0.5, 0.6) is 5.75 Å². The van der Waals surface area contributed by atoms with Crippen molar-refractivity contribution in [3.8, 4) is 5.75 Å². The Balaban J connectivity index is 1.60. The van der Waals surface area contributed by atoms with Crippen molar-refractivity contribution in [2.75, 3.05) is 31.1 Å². The second-order valence-electron chi connectivity index (χ2n) is 6.83. The van der Waals surface area contributed by atoms with E-state index in [2.05, 4.69) is 0 Å². The van der Waals surface area contributed by atoms with Crippen molar-refractivity contribution in [3.05, 3.63) is 59.9 Å². The monoisotopic (exact) mass is 410 g/mol. The van der Waals surface area contributed by atoms with Crippen molar-refractivity contribution in [1.82, 2.24) is 4.90 Å². The van der Waals surface area contributed by atoms with Gasteiger partial charge in [0.15, 0.2) is 6.10 Å². The minimum atomic E-state index is -4.39. The summed E-state index contributed by atoms with van der Waals surface area (Å²) in [5.41, 5.74) is -0.200. The van der Waals surface area contributed by atoms with Gasteiger partial charge in [0.1, 0.15) is 11.6 Å². The first-order valence-corrected chi connectivity index (χ1v) is 9.41. The molecule has 0 bridgehead atoms. The highest BCUT2D eigenvalue weighted by atomic mass is 19.4. The Hall–Kier alpha value is -2.77. The average Bonchev–Trinajstić information content (AvgIpc) is 2.72. The number of carbonyl (C=O) groups excluding carboxylic acids is 1. The van der Waals surface area contributed by atoms with E-state index in [9.17, 15) is 22.4 Å². The zero-order chi connectivity index (χ0) is 21.0. The van der Waals surface area contributed by atoms with Gasteiger partial charge in [0.2, 0.25) is 0 Å². The molecule has 156 valence electrons. The molecule has 1 saturated heterocycles. The highest BCUT2D eigenvalue weighted by Gasteiger charge is 2.32. The fraction of sp³-hybridized carbons (Fsp3) is 0.381. The van der Waals surface area contributed by atoms with Gasteiger partial charge in [0.05, 0.1) is 5.56 Å². The largest absolute Gasteiger partial charge is 0.481 e. The zero-order valence-corrected chi connectivity index (χ0v) is 16.0. The molecule has 0 spiro atoms. The first-order chi connectivity index (χ1) is 13.8. The molecular formula is C21H22F4N2O2. The molecule has 1 aliphatic rings. The fourth-order valence-corrected chi connectivity index (χ4v) is 3.25. The van der Waals surface area contributed by atoms with Crippen molar-refractivity contribution in [3.63, 3.8) is 0 Å². The Labute approximate surface area is 166 Å². The molecule has 1 aliphatic heterocycles. The van der Waals surface area contributed by atoms with Crippen molar-refractivity contribution in [2.45, 2.75) is 25.6 Å². The van der Waals surface area contributed by atoms with E-state index in [1.165, 1.54) is 30.3 Å². The maximum atomic E-state index is 13.0. The van der Waals surface area contributed by atoms with Crippen LogP contribution in [0.1, 0.15) is 18.9 Å². The first kappa shape index (κ1) is 21.0. The predicted octanol–water partition coefficient (Wildman–Crippen LogP) is 4.35. The van der Waals surface area contributed by atoms with Crippen LogP contribution in [-0.2, 0) is 11.0 Å². The van der Waals surface area contributed by atoms with Gasteiger partial charge in [-0.3, -0.25) is 4.79 Å². The van der Waals surface area contributed by atoms with Crippen LogP contribution in [0.3, 0.4) is 0 Å². The number of hydrogen-bond donors (Lipinski definition) is 0. The van der Waals surface area contributed by atoms with Gasteiger partial charge >= 0.3 is 6.18 Å². The number of hydrogen-bond acceptors (Lipinski definition) is 3. The molecule has 1 amide bonds. The summed E-state index contributed by atoms with van der Waals surface area (Å²) in [5.74, 6) is -0.155. The fourth-order valence-electron chi connectivity index (χ4n) is 3.25. The van der Waals surface area contributed by atoms with E-state index in [0.29, 0.717) is 44.0 Å². The van der Waals surface area contributed by atoms with Crippen LogP contribution in [0.2, 0.25) is 0 Å². The lowest BCUT2D eigenvalue weighted by Gasteiger charge is -2.37. The van der Waals surface area contributed by atoms with E-state index in [1.807, 2.05) is 11.8 Å². The number of piperazine rings is 1. The second-order valence-corrected chi connectivity index (χ2v) is 6.83. The van der Waals surface area contributed by atoms with Gasteiger partial charge < -0.3 is 14.5 Å². The van der Waals surface area contributed by atoms with Crippen LogP contribution in [0.15, 0.2) is 48.5 Å². The number of rotatable bonds is 5. The van der Waals surface area contributed by atoms with Crippen molar-refractivity contribution in [2.24, 2.45) is 0 Å². The molecule has 1 fully saturated rings. The molecule has 0 radical (unpaired) electrons. The highest BCUT2D eigenvalue weighted by molar-refractivity contribution is 5.81. The molecule has 2 aromatic carbocycles. The number of carbonyl (C=O) groups is 1. The summed E-state index contributed by atoms with van der Waals surface area (Å²) in [5, 5.41) is 0. The molecule has 4 nitrogen and oxygen atoms in total. The van der Waals surface area contributed by atoms with Gasteiger partial charge in [-0.15, -0.1) is 0 Å². The number of anilines is 1. The summed E-state index contributed by atoms with van der Waals surface area (Å²) >= 11 is 0. The Kier molecular flexibility index (Phi) is 6.30. The van der Waals surface area contributed by atoms with E-state index in [0.717, 1.165) is 12.1 Å². The molecule has 3 rings (SSSR count). The average molecular weight is 410 g/mol. The molecule has 0 aromatic heterocycles. The van der Waals surface area contributed by atoms with Gasteiger partial charge in [-0.25, -0.2) is 4.39 Å². The van der Waals surface area contributed by atoms with Gasteiger partial charge in [-0.05, 0) is 48.9 Å². The quantitative estimate of drug-likeness (QED) is 0.687. The van der Waals surface area contributed by atoms with E-state index >= 15 is 0 Å². The van der Waals surface area contributed by atoms with Gasteiger partial charge in [-0.1, -0.05) is 13.0 Å². The van der Waals surface area contributed by atoms with Crippen LogP contribution in [0.4, 0.5) is 23.2 Å². The summed E-state index contributed by atoms with van der Waals surface area (Å²) < 4.78 is 57.5. The normalized spacial score (nSPS) is 15.9. The molecule has 2 aromatic rings.